The summed E-state index contributed by atoms with van der Waals surface area (Å²) in [6.07, 6.45) is 2.81. The van der Waals surface area contributed by atoms with Crippen molar-refractivity contribution < 1.29 is 9.53 Å². The minimum absolute atomic E-state index is 0.368. The second-order valence-corrected chi connectivity index (χ2v) is 5.95. The molecule has 0 aromatic heterocycles. The van der Waals surface area contributed by atoms with Crippen LogP contribution in [0.25, 0.3) is 0 Å². The van der Waals surface area contributed by atoms with Gasteiger partial charge in [0.25, 0.3) is 0 Å². The van der Waals surface area contributed by atoms with Gasteiger partial charge >= 0.3 is 0 Å². The van der Waals surface area contributed by atoms with Crippen LogP contribution in [0.1, 0.15) is 24.8 Å². The molecule has 18 heavy (non-hydrogen) atoms. The van der Waals surface area contributed by atoms with Crippen LogP contribution in [-0.2, 0) is 9.53 Å². The van der Waals surface area contributed by atoms with Gasteiger partial charge < -0.3 is 4.74 Å². The van der Waals surface area contributed by atoms with Crippen LogP contribution >= 0.6 is 11.8 Å². The predicted octanol–water partition coefficient (Wildman–Crippen LogP) is 3.47. The average molecular weight is 264 g/mol. The number of Topliss-reactive ketones (excluding diaryl/α,β-unsaturated/α-hetero) is 1. The third kappa shape index (κ3) is 4.46. The highest BCUT2D eigenvalue weighted by Gasteiger charge is 2.17. The summed E-state index contributed by atoms with van der Waals surface area (Å²) in [6, 6.07) is 8.35. The number of aryl methyl sites for hydroxylation is 1. The fraction of sp³-hybridized carbons (Fsp3) is 0.533. The SMILES string of the molecule is Cc1ccc(SCC(=O)CC2CCOCC2)cc1. The van der Waals surface area contributed by atoms with Crippen LogP contribution in [0.3, 0.4) is 0 Å². The molecule has 98 valence electrons. The molecule has 1 aromatic rings. The van der Waals surface area contributed by atoms with Crippen molar-refractivity contribution in [2.75, 3.05) is 19.0 Å². The number of rotatable bonds is 5. The predicted molar refractivity (Wildman–Crippen MR) is 75.1 cm³/mol. The maximum absolute atomic E-state index is 11.9. The third-order valence-corrected chi connectivity index (χ3v) is 4.35. The maximum atomic E-state index is 11.9. The van der Waals surface area contributed by atoms with Gasteiger partial charge in [-0.3, -0.25) is 4.79 Å². The summed E-state index contributed by atoms with van der Waals surface area (Å²) in [5, 5.41) is 0. The van der Waals surface area contributed by atoms with Gasteiger partial charge in [-0.05, 0) is 37.8 Å². The highest BCUT2D eigenvalue weighted by Crippen LogP contribution is 2.22. The Morgan fingerprint density at radius 2 is 1.94 bits per heavy atom. The zero-order valence-corrected chi connectivity index (χ0v) is 11.7. The second-order valence-electron chi connectivity index (χ2n) is 4.90. The minimum Gasteiger partial charge on any atom is -0.381 e. The van der Waals surface area contributed by atoms with Gasteiger partial charge in [0.15, 0.2) is 0 Å². The highest BCUT2D eigenvalue weighted by molar-refractivity contribution is 8.00. The molecule has 1 aliphatic rings. The van der Waals surface area contributed by atoms with Gasteiger partial charge in [-0.25, -0.2) is 0 Å². The molecule has 1 aromatic carbocycles. The Kier molecular flexibility index (Phi) is 5.26. The smallest absolute Gasteiger partial charge is 0.143 e. The van der Waals surface area contributed by atoms with Gasteiger partial charge in [0, 0.05) is 24.5 Å². The first-order chi connectivity index (χ1) is 8.74. The molecule has 0 spiro atoms. The van der Waals surface area contributed by atoms with E-state index in [1.165, 1.54) is 10.5 Å². The van der Waals surface area contributed by atoms with E-state index < -0.39 is 0 Å². The van der Waals surface area contributed by atoms with Crippen molar-refractivity contribution in [3.8, 4) is 0 Å². The van der Waals surface area contributed by atoms with E-state index >= 15 is 0 Å². The molecule has 0 amide bonds. The summed E-state index contributed by atoms with van der Waals surface area (Å²) in [4.78, 5) is 13.1. The lowest BCUT2D eigenvalue weighted by Crippen LogP contribution is -2.19. The van der Waals surface area contributed by atoms with E-state index in [-0.39, 0.29) is 0 Å². The van der Waals surface area contributed by atoms with Crippen molar-refractivity contribution >= 4 is 17.5 Å². The first kappa shape index (κ1) is 13.6. The van der Waals surface area contributed by atoms with Crippen molar-refractivity contribution in [2.45, 2.75) is 31.1 Å². The van der Waals surface area contributed by atoms with Crippen molar-refractivity contribution in [2.24, 2.45) is 5.92 Å². The molecule has 3 heteroatoms. The number of benzene rings is 1. The van der Waals surface area contributed by atoms with Crippen LogP contribution in [0.4, 0.5) is 0 Å². The molecular formula is C15H20O2S. The Labute approximate surface area is 113 Å². The Hall–Kier alpha value is -0.800. The Balaban J connectivity index is 1.72. The lowest BCUT2D eigenvalue weighted by molar-refractivity contribution is -0.118. The number of carbonyl (C=O) groups excluding carboxylic acids is 1. The van der Waals surface area contributed by atoms with Gasteiger partial charge in [-0.2, -0.15) is 0 Å². The van der Waals surface area contributed by atoms with E-state index in [9.17, 15) is 4.79 Å². The number of carbonyl (C=O) groups is 1. The number of thioether (sulfide) groups is 1. The molecule has 0 aliphatic carbocycles. The normalized spacial score (nSPS) is 16.7. The first-order valence-corrected chi connectivity index (χ1v) is 7.51. The first-order valence-electron chi connectivity index (χ1n) is 6.53. The molecule has 0 unspecified atom stereocenters. The van der Waals surface area contributed by atoms with E-state index in [4.69, 9.17) is 4.74 Å². The molecule has 1 saturated heterocycles. The average Bonchev–Trinajstić information content (AvgIpc) is 2.39. The Bertz CT molecular complexity index is 380. The van der Waals surface area contributed by atoms with E-state index in [1.54, 1.807) is 11.8 Å². The lowest BCUT2D eigenvalue weighted by Gasteiger charge is -2.21. The quantitative estimate of drug-likeness (QED) is 0.762. The van der Waals surface area contributed by atoms with Crippen molar-refractivity contribution in [1.82, 2.24) is 0 Å². The Morgan fingerprint density at radius 3 is 2.61 bits per heavy atom. The molecule has 2 nitrogen and oxygen atoms in total. The van der Waals surface area contributed by atoms with Crippen molar-refractivity contribution in [1.29, 1.82) is 0 Å². The van der Waals surface area contributed by atoms with Crippen LogP contribution in [-0.4, -0.2) is 24.7 Å². The molecule has 1 heterocycles. The molecule has 0 bridgehead atoms. The summed E-state index contributed by atoms with van der Waals surface area (Å²) in [6.45, 7) is 3.72. The van der Waals surface area contributed by atoms with Crippen LogP contribution < -0.4 is 0 Å². The zero-order valence-electron chi connectivity index (χ0n) is 10.9. The maximum Gasteiger partial charge on any atom is 0.143 e. The van der Waals surface area contributed by atoms with Gasteiger partial charge in [-0.15, -0.1) is 11.8 Å². The van der Waals surface area contributed by atoms with Crippen molar-refractivity contribution in [3.05, 3.63) is 29.8 Å². The zero-order chi connectivity index (χ0) is 12.8. The largest absolute Gasteiger partial charge is 0.381 e. The van der Waals surface area contributed by atoms with Gasteiger partial charge in [-0.1, -0.05) is 17.7 Å². The van der Waals surface area contributed by atoms with Gasteiger partial charge in [0.1, 0.15) is 5.78 Å². The minimum atomic E-state index is 0.368. The molecular weight excluding hydrogens is 244 g/mol. The fourth-order valence-corrected chi connectivity index (χ4v) is 2.90. The molecule has 0 radical (unpaired) electrons. The molecule has 0 saturated carbocycles. The van der Waals surface area contributed by atoms with Crippen molar-refractivity contribution in [3.63, 3.8) is 0 Å². The van der Waals surface area contributed by atoms with E-state index in [1.807, 2.05) is 0 Å². The number of hydrogen-bond donors (Lipinski definition) is 0. The number of ketones is 1. The van der Waals surface area contributed by atoms with Crippen LogP contribution in [0.2, 0.25) is 0 Å². The van der Waals surface area contributed by atoms with E-state index in [2.05, 4.69) is 31.2 Å². The molecule has 0 N–H and O–H groups in total. The monoisotopic (exact) mass is 264 g/mol. The molecule has 1 aliphatic heterocycles. The van der Waals surface area contributed by atoms with E-state index in [0.29, 0.717) is 17.5 Å². The highest BCUT2D eigenvalue weighted by atomic mass is 32.2. The second kappa shape index (κ2) is 6.95. The summed E-state index contributed by atoms with van der Waals surface area (Å²) in [5.41, 5.74) is 1.26. The Morgan fingerprint density at radius 1 is 1.28 bits per heavy atom. The molecule has 1 fully saturated rings. The van der Waals surface area contributed by atoms with Crippen LogP contribution in [0.5, 0.6) is 0 Å². The third-order valence-electron chi connectivity index (χ3n) is 3.28. The molecule has 0 atom stereocenters. The topological polar surface area (TPSA) is 26.3 Å². The summed E-state index contributed by atoms with van der Waals surface area (Å²) < 4.78 is 5.31. The number of hydrogen-bond acceptors (Lipinski definition) is 3. The fourth-order valence-electron chi connectivity index (χ4n) is 2.13. The van der Waals surface area contributed by atoms with Crippen LogP contribution in [0.15, 0.2) is 29.2 Å². The standard InChI is InChI=1S/C15H20O2S/c1-12-2-4-15(5-3-12)18-11-14(16)10-13-6-8-17-9-7-13/h2-5,13H,6-11H2,1H3. The summed E-state index contributed by atoms with van der Waals surface area (Å²) >= 11 is 1.65. The lowest BCUT2D eigenvalue weighted by atomic mass is 9.95. The van der Waals surface area contributed by atoms with E-state index in [0.717, 1.165) is 32.5 Å². The van der Waals surface area contributed by atoms with Gasteiger partial charge in [0.2, 0.25) is 0 Å². The molecule has 2 rings (SSSR count). The summed E-state index contributed by atoms with van der Waals surface area (Å²) in [5.74, 6) is 1.51. The van der Waals surface area contributed by atoms with Gasteiger partial charge in [0.05, 0.1) is 5.75 Å². The summed E-state index contributed by atoms with van der Waals surface area (Å²) in [7, 11) is 0. The number of ether oxygens (including phenoxy) is 1. The van der Waals surface area contributed by atoms with Crippen LogP contribution in [0, 0.1) is 12.8 Å².